The van der Waals surface area contributed by atoms with Crippen molar-refractivity contribution in [1.29, 1.82) is 0 Å². The lowest BCUT2D eigenvalue weighted by atomic mass is 10.1. The van der Waals surface area contributed by atoms with Crippen molar-refractivity contribution in [1.82, 2.24) is 9.88 Å². The van der Waals surface area contributed by atoms with Gasteiger partial charge in [0, 0.05) is 17.5 Å². The van der Waals surface area contributed by atoms with E-state index in [1.807, 2.05) is 0 Å². The fraction of sp³-hybridized carbons (Fsp3) is 0.235. The van der Waals surface area contributed by atoms with E-state index in [9.17, 15) is 29.3 Å². The van der Waals surface area contributed by atoms with E-state index in [4.69, 9.17) is 4.74 Å². The number of nitrogens with zero attached hydrogens (tertiary/aromatic N) is 3. The van der Waals surface area contributed by atoms with Crippen LogP contribution in [0.15, 0.2) is 23.6 Å². The molecular formula is C17H14N4O7S. The molecule has 3 amide bonds. The number of anilines is 1. The van der Waals surface area contributed by atoms with Gasteiger partial charge in [0.25, 0.3) is 17.5 Å². The highest BCUT2D eigenvalue weighted by molar-refractivity contribution is 7.13. The normalized spacial score (nSPS) is 12.7. The first kappa shape index (κ1) is 20.1. The third-order valence-electron chi connectivity index (χ3n) is 3.90. The Morgan fingerprint density at radius 2 is 2.00 bits per heavy atom. The number of nitrogens with one attached hydrogen (secondary N) is 1. The Bertz CT molecular complexity index is 1030. The monoisotopic (exact) mass is 418 g/mol. The van der Waals surface area contributed by atoms with E-state index in [0.29, 0.717) is 10.6 Å². The first-order valence-corrected chi connectivity index (χ1v) is 9.22. The molecule has 0 unspecified atom stereocenters. The van der Waals surface area contributed by atoms with Gasteiger partial charge in [-0.1, -0.05) is 0 Å². The third-order valence-corrected chi connectivity index (χ3v) is 4.70. The van der Waals surface area contributed by atoms with Crippen molar-refractivity contribution in [2.75, 3.05) is 18.5 Å². The first-order chi connectivity index (χ1) is 13.8. The lowest BCUT2D eigenvalue weighted by Gasteiger charge is -2.12. The van der Waals surface area contributed by atoms with Crippen LogP contribution in [-0.4, -0.2) is 51.6 Å². The molecule has 1 aliphatic heterocycles. The Morgan fingerprint density at radius 1 is 1.28 bits per heavy atom. The van der Waals surface area contributed by atoms with E-state index in [0.717, 1.165) is 23.5 Å². The number of thiazole rings is 1. The van der Waals surface area contributed by atoms with E-state index < -0.39 is 35.2 Å². The predicted octanol–water partition coefficient (Wildman–Crippen LogP) is 1.39. The van der Waals surface area contributed by atoms with E-state index in [1.54, 1.807) is 12.3 Å². The summed E-state index contributed by atoms with van der Waals surface area (Å²) in [6.07, 6.45) is -0.0442. The van der Waals surface area contributed by atoms with Crippen LogP contribution in [0.4, 0.5) is 10.8 Å². The molecule has 29 heavy (non-hydrogen) atoms. The van der Waals surface area contributed by atoms with Crippen molar-refractivity contribution in [3.05, 3.63) is 50.5 Å². The molecule has 1 aliphatic rings. The van der Waals surface area contributed by atoms with Gasteiger partial charge < -0.3 is 10.1 Å². The molecule has 0 saturated heterocycles. The molecule has 0 spiro atoms. The molecule has 1 aromatic carbocycles. The van der Waals surface area contributed by atoms with Crippen LogP contribution in [0.5, 0.6) is 0 Å². The van der Waals surface area contributed by atoms with Gasteiger partial charge in [-0.3, -0.25) is 34.2 Å². The van der Waals surface area contributed by atoms with Gasteiger partial charge in [-0.25, -0.2) is 4.98 Å². The molecule has 12 heteroatoms. The number of hydrogen-bond acceptors (Lipinski definition) is 9. The molecule has 2 aromatic rings. The van der Waals surface area contributed by atoms with Gasteiger partial charge in [0.2, 0.25) is 5.91 Å². The molecule has 0 saturated carbocycles. The second-order valence-corrected chi connectivity index (χ2v) is 6.72. The molecule has 0 fully saturated rings. The average molecular weight is 418 g/mol. The second kappa shape index (κ2) is 8.14. The maximum Gasteiger partial charge on any atom is 0.311 e. The zero-order valence-electron chi connectivity index (χ0n) is 15.0. The number of ether oxygens (including phenoxy) is 1. The molecule has 0 atom stereocenters. The van der Waals surface area contributed by atoms with Gasteiger partial charge in [0.1, 0.15) is 6.54 Å². The number of carbonyl (C=O) groups is 4. The number of esters is 1. The number of aromatic nitrogens is 1. The Hall–Kier alpha value is -3.67. The quantitative estimate of drug-likeness (QED) is 0.307. The largest absolute Gasteiger partial charge is 0.466 e. The van der Waals surface area contributed by atoms with Gasteiger partial charge in [0.15, 0.2) is 5.13 Å². The van der Waals surface area contributed by atoms with Crippen LogP contribution in [0.2, 0.25) is 0 Å². The maximum absolute atomic E-state index is 12.4. The Labute approximate surface area is 167 Å². The minimum Gasteiger partial charge on any atom is -0.466 e. The minimum absolute atomic E-state index is 0.000582. The number of fused-ring (bicyclic) bond motifs is 1. The van der Waals surface area contributed by atoms with Crippen LogP contribution in [0, 0.1) is 10.1 Å². The van der Waals surface area contributed by atoms with Crippen LogP contribution in [0.25, 0.3) is 0 Å². The molecular weight excluding hydrogens is 404 g/mol. The molecule has 3 rings (SSSR count). The van der Waals surface area contributed by atoms with Gasteiger partial charge in [-0.05, 0) is 13.0 Å². The standard InChI is InChI=1S/C17H14N4O7S/c1-2-28-14(23)5-9-8-29-17(18-9)19-13(22)7-20-15(24)11-4-3-10(21(26)27)6-12(11)16(20)25/h3-4,6,8H,2,5,7H2,1H3,(H,18,19,22). The Balaban J connectivity index is 1.65. The Kier molecular flexibility index (Phi) is 5.64. The van der Waals surface area contributed by atoms with Crippen molar-refractivity contribution in [2.45, 2.75) is 13.3 Å². The minimum atomic E-state index is -0.786. The van der Waals surface area contributed by atoms with Gasteiger partial charge >= 0.3 is 5.97 Å². The fourth-order valence-electron chi connectivity index (χ4n) is 2.64. The topological polar surface area (TPSA) is 149 Å². The number of carbonyl (C=O) groups excluding carboxylic acids is 4. The second-order valence-electron chi connectivity index (χ2n) is 5.86. The van der Waals surface area contributed by atoms with Crippen LogP contribution in [0.3, 0.4) is 0 Å². The summed E-state index contributed by atoms with van der Waals surface area (Å²) in [6.45, 7) is 1.35. The molecule has 0 bridgehead atoms. The van der Waals surface area contributed by atoms with Gasteiger partial charge in [-0.15, -0.1) is 11.3 Å². The van der Waals surface area contributed by atoms with Crippen LogP contribution >= 0.6 is 11.3 Å². The van der Waals surface area contributed by atoms with Crippen molar-refractivity contribution >= 4 is 45.8 Å². The summed E-state index contributed by atoms with van der Waals surface area (Å²) in [7, 11) is 0. The van der Waals surface area contributed by atoms with Crippen molar-refractivity contribution in [2.24, 2.45) is 0 Å². The van der Waals surface area contributed by atoms with E-state index in [-0.39, 0.29) is 35.0 Å². The zero-order chi connectivity index (χ0) is 21.1. The van der Waals surface area contributed by atoms with E-state index in [1.165, 1.54) is 6.07 Å². The molecule has 0 radical (unpaired) electrons. The average Bonchev–Trinajstić information content (AvgIpc) is 3.19. The molecule has 11 nitrogen and oxygen atoms in total. The lowest BCUT2D eigenvalue weighted by Crippen LogP contribution is -2.37. The summed E-state index contributed by atoms with van der Waals surface area (Å²) in [4.78, 5) is 63.4. The summed E-state index contributed by atoms with van der Waals surface area (Å²) in [6, 6.07) is 3.32. The summed E-state index contributed by atoms with van der Waals surface area (Å²) in [5, 5.41) is 15.1. The molecule has 0 aliphatic carbocycles. The predicted molar refractivity (Wildman–Crippen MR) is 99.5 cm³/mol. The number of nitro groups is 1. The highest BCUT2D eigenvalue weighted by Gasteiger charge is 2.37. The number of hydrogen-bond donors (Lipinski definition) is 1. The SMILES string of the molecule is CCOC(=O)Cc1csc(NC(=O)CN2C(=O)c3ccc([N+](=O)[O-])cc3C2=O)n1. The van der Waals surface area contributed by atoms with Crippen molar-refractivity contribution < 1.29 is 28.8 Å². The number of imide groups is 1. The summed E-state index contributed by atoms with van der Waals surface area (Å²) >= 11 is 1.08. The fourth-order valence-corrected chi connectivity index (χ4v) is 3.37. The number of non-ortho nitro benzene ring substituents is 1. The lowest BCUT2D eigenvalue weighted by molar-refractivity contribution is -0.384. The summed E-state index contributed by atoms with van der Waals surface area (Å²) in [5.41, 5.74) is -0.0350. The number of rotatable bonds is 7. The summed E-state index contributed by atoms with van der Waals surface area (Å²) in [5.74, 6) is -2.62. The number of nitro benzene ring substituents is 1. The molecule has 1 N–H and O–H groups in total. The Morgan fingerprint density at radius 3 is 2.69 bits per heavy atom. The number of benzene rings is 1. The van der Waals surface area contributed by atoms with Crippen LogP contribution in [0.1, 0.15) is 33.3 Å². The molecule has 150 valence electrons. The highest BCUT2D eigenvalue weighted by atomic mass is 32.1. The molecule has 2 heterocycles. The third kappa shape index (κ3) is 4.27. The van der Waals surface area contributed by atoms with E-state index in [2.05, 4.69) is 10.3 Å². The highest BCUT2D eigenvalue weighted by Crippen LogP contribution is 2.26. The van der Waals surface area contributed by atoms with Crippen molar-refractivity contribution in [3.63, 3.8) is 0 Å². The van der Waals surface area contributed by atoms with Gasteiger partial charge in [-0.2, -0.15) is 0 Å². The van der Waals surface area contributed by atoms with Gasteiger partial charge in [0.05, 0.1) is 34.8 Å². The smallest absolute Gasteiger partial charge is 0.311 e. The summed E-state index contributed by atoms with van der Waals surface area (Å²) < 4.78 is 4.82. The van der Waals surface area contributed by atoms with Crippen molar-refractivity contribution in [3.8, 4) is 0 Å². The number of amides is 3. The molecule has 1 aromatic heterocycles. The van der Waals surface area contributed by atoms with Crippen LogP contribution in [-0.2, 0) is 20.7 Å². The maximum atomic E-state index is 12.4. The van der Waals surface area contributed by atoms with E-state index >= 15 is 0 Å². The van der Waals surface area contributed by atoms with Crippen LogP contribution < -0.4 is 5.32 Å². The zero-order valence-corrected chi connectivity index (χ0v) is 15.9. The first-order valence-electron chi connectivity index (χ1n) is 8.34.